The molecular weight excluding hydrogens is 176 g/mol. The topological polar surface area (TPSA) is 55.0 Å². The SMILES string of the molecule is CCN(CCN)C(C)c1cnccn1. The maximum absolute atomic E-state index is 5.54. The van der Waals surface area contributed by atoms with Gasteiger partial charge < -0.3 is 5.73 Å². The molecule has 1 aromatic heterocycles. The van der Waals surface area contributed by atoms with Gasteiger partial charge in [-0.15, -0.1) is 0 Å². The molecule has 0 aliphatic rings. The van der Waals surface area contributed by atoms with Crippen LogP contribution in [-0.4, -0.2) is 34.5 Å². The summed E-state index contributed by atoms with van der Waals surface area (Å²) in [6, 6.07) is 0.289. The van der Waals surface area contributed by atoms with E-state index in [0.29, 0.717) is 6.54 Å². The second kappa shape index (κ2) is 5.67. The highest BCUT2D eigenvalue weighted by atomic mass is 15.2. The standard InChI is InChI=1S/C10H18N4/c1-3-14(7-4-11)9(2)10-8-12-5-6-13-10/h5-6,8-9H,3-4,7,11H2,1-2H3. The molecule has 0 bridgehead atoms. The second-order valence-corrected chi connectivity index (χ2v) is 3.22. The van der Waals surface area contributed by atoms with E-state index in [2.05, 4.69) is 28.7 Å². The molecule has 2 N–H and O–H groups in total. The van der Waals surface area contributed by atoms with Gasteiger partial charge in [-0.3, -0.25) is 14.9 Å². The third kappa shape index (κ3) is 2.75. The van der Waals surface area contributed by atoms with Crippen molar-refractivity contribution in [2.75, 3.05) is 19.6 Å². The van der Waals surface area contributed by atoms with Crippen molar-refractivity contribution in [2.45, 2.75) is 19.9 Å². The molecule has 1 atom stereocenters. The number of likely N-dealkylation sites (N-methyl/N-ethyl adjacent to an activating group) is 1. The van der Waals surface area contributed by atoms with Gasteiger partial charge in [0.25, 0.3) is 0 Å². The van der Waals surface area contributed by atoms with Crippen LogP contribution in [0.2, 0.25) is 0 Å². The summed E-state index contributed by atoms with van der Waals surface area (Å²) < 4.78 is 0. The van der Waals surface area contributed by atoms with Gasteiger partial charge >= 0.3 is 0 Å². The summed E-state index contributed by atoms with van der Waals surface area (Å²) in [6.07, 6.45) is 5.22. The minimum absolute atomic E-state index is 0.289. The smallest absolute Gasteiger partial charge is 0.0755 e. The summed E-state index contributed by atoms with van der Waals surface area (Å²) in [5, 5.41) is 0. The van der Waals surface area contributed by atoms with Crippen molar-refractivity contribution in [2.24, 2.45) is 5.73 Å². The molecular formula is C10H18N4. The third-order valence-corrected chi connectivity index (χ3v) is 2.38. The van der Waals surface area contributed by atoms with E-state index in [-0.39, 0.29) is 6.04 Å². The van der Waals surface area contributed by atoms with Gasteiger partial charge in [-0.2, -0.15) is 0 Å². The lowest BCUT2D eigenvalue weighted by Crippen LogP contribution is -2.32. The normalized spacial score (nSPS) is 13.1. The minimum atomic E-state index is 0.289. The lowest BCUT2D eigenvalue weighted by atomic mass is 10.2. The van der Waals surface area contributed by atoms with Crippen LogP contribution in [0.25, 0.3) is 0 Å². The zero-order valence-corrected chi connectivity index (χ0v) is 8.85. The Bertz CT molecular complexity index is 250. The van der Waals surface area contributed by atoms with Crippen molar-refractivity contribution in [1.82, 2.24) is 14.9 Å². The summed E-state index contributed by atoms with van der Waals surface area (Å²) in [5.74, 6) is 0. The van der Waals surface area contributed by atoms with Crippen LogP contribution in [0.5, 0.6) is 0 Å². The maximum atomic E-state index is 5.54. The van der Waals surface area contributed by atoms with Gasteiger partial charge in [0.1, 0.15) is 0 Å². The molecule has 0 aliphatic heterocycles. The van der Waals surface area contributed by atoms with Crippen molar-refractivity contribution in [3.8, 4) is 0 Å². The van der Waals surface area contributed by atoms with E-state index in [1.165, 1.54) is 0 Å². The Morgan fingerprint density at radius 3 is 2.79 bits per heavy atom. The van der Waals surface area contributed by atoms with Crippen molar-refractivity contribution >= 4 is 0 Å². The van der Waals surface area contributed by atoms with Crippen LogP contribution in [0.1, 0.15) is 25.6 Å². The second-order valence-electron chi connectivity index (χ2n) is 3.22. The van der Waals surface area contributed by atoms with Gasteiger partial charge in [0, 0.05) is 31.7 Å². The Morgan fingerprint density at radius 1 is 1.50 bits per heavy atom. The first-order chi connectivity index (χ1) is 6.79. The van der Waals surface area contributed by atoms with Crippen molar-refractivity contribution in [3.63, 3.8) is 0 Å². The van der Waals surface area contributed by atoms with Crippen LogP contribution in [0.15, 0.2) is 18.6 Å². The molecule has 0 amide bonds. The Kier molecular flexibility index (Phi) is 4.49. The molecule has 0 aromatic carbocycles. The van der Waals surface area contributed by atoms with E-state index >= 15 is 0 Å². The van der Waals surface area contributed by atoms with Crippen molar-refractivity contribution in [3.05, 3.63) is 24.3 Å². The fraction of sp³-hybridized carbons (Fsp3) is 0.600. The molecule has 4 heteroatoms. The molecule has 0 radical (unpaired) electrons. The van der Waals surface area contributed by atoms with Crippen LogP contribution < -0.4 is 5.73 Å². The first-order valence-electron chi connectivity index (χ1n) is 4.99. The molecule has 0 fully saturated rings. The van der Waals surface area contributed by atoms with Crippen LogP contribution >= 0.6 is 0 Å². The minimum Gasteiger partial charge on any atom is -0.329 e. The lowest BCUT2D eigenvalue weighted by Gasteiger charge is -2.26. The van der Waals surface area contributed by atoms with Crippen LogP contribution in [0.4, 0.5) is 0 Å². The molecule has 1 heterocycles. The fourth-order valence-electron chi connectivity index (χ4n) is 1.50. The Morgan fingerprint density at radius 2 is 2.29 bits per heavy atom. The van der Waals surface area contributed by atoms with E-state index in [1.807, 2.05) is 6.20 Å². The van der Waals surface area contributed by atoms with Gasteiger partial charge in [0.05, 0.1) is 11.7 Å². The molecule has 1 rings (SSSR count). The van der Waals surface area contributed by atoms with Crippen molar-refractivity contribution in [1.29, 1.82) is 0 Å². The van der Waals surface area contributed by atoms with Gasteiger partial charge in [-0.05, 0) is 13.5 Å². The van der Waals surface area contributed by atoms with Gasteiger partial charge in [-0.25, -0.2) is 0 Å². The van der Waals surface area contributed by atoms with Gasteiger partial charge in [-0.1, -0.05) is 6.92 Å². The first kappa shape index (κ1) is 11.1. The molecule has 0 saturated heterocycles. The average molecular weight is 194 g/mol. The molecule has 0 aliphatic carbocycles. The lowest BCUT2D eigenvalue weighted by molar-refractivity contribution is 0.224. The molecule has 1 aromatic rings. The summed E-state index contributed by atoms with van der Waals surface area (Å²) in [7, 11) is 0. The van der Waals surface area contributed by atoms with E-state index in [1.54, 1.807) is 12.4 Å². The Balaban J connectivity index is 2.67. The van der Waals surface area contributed by atoms with E-state index in [0.717, 1.165) is 18.8 Å². The largest absolute Gasteiger partial charge is 0.329 e. The predicted octanol–water partition coefficient (Wildman–Crippen LogP) is 0.818. The highest BCUT2D eigenvalue weighted by Gasteiger charge is 2.13. The summed E-state index contributed by atoms with van der Waals surface area (Å²) in [5.41, 5.74) is 6.55. The number of hydrogen-bond acceptors (Lipinski definition) is 4. The fourth-order valence-corrected chi connectivity index (χ4v) is 1.50. The molecule has 14 heavy (non-hydrogen) atoms. The quantitative estimate of drug-likeness (QED) is 0.754. The van der Waals surface area contributed by atoms with E-state index in [9.17, 15) is 0 Å². The number of rotatable bonds is 5. The zero-order chi connectivity index (χ0) is 10.4. The summed E-state index contributed by atoms with van der Waals surface area (Å²) >= 11 is 0. The summed E-state index contributed by atoms with van der Waals surface area (Å²) in [6.45, 7) is 6.81. The maximum Gasteiger partial charge on any atom is 0.0755 e. The zero-order valence-electron chi connectivity index (χ0n) is 8.85. The molecule has 0 spiro atoms. The first-order valence-corrected chi connectivity index (χ1v) is 4.99. The van der Waals surface area contributed by atoms with Crippen molar-refractivity contribution < 1.29 is 0 Å². The van der Waals surface area contributed by atoms with Gasteiger partial charge in [0.2, 0.25) is 0 Å². The third-order valence-electron chi connectivity index (χ3n) is 2.38. The molecule has 78 valence electrons. The number of hydrogen-bond donors (Lipinski definition) is 1. The molecule has 4 nitrogen and oxygen atoms in total. The highest BCUT2D eigenvalue weighted by Crippen LogP contribution is 2.15. The Hall–Kier alpha value is -1.00. The number of nitrogens with two attached hydrogens (primary N) is 1. The van der Waals surface area contributed by atoms with E-state index < -0.39 is 0 Å². The van der Waals surface area contributed by atoms with Crippen LogP contribution in [0, 0.1) is 0 Å². The van der Waals surface area contributed by atoms with E-state index in [4.69, 9.17) is 5.73 Å². The number of aromatic nitrogens is 2. The summed E-state index contributed by atoms with van der Waals surface area (Å²) in [4.78, 5) is 10.6. The van der Waals surface area contributed by atoms with Crippen LogP contribution in [-0.2, 0) is 0 Å². The molecule has 1 unspecified atom stereocenters. The Labute approximate surface area is 85.2 Å². The predicted molar refractivity (Wildman–Crippen MR) is 56.7 cm³/mol. The number of nitrogens with zero attached hydrogens (tertiary/aromatic N) is 3. The monoisotopic (exact) mass is 194 g/mol. The van der Waals surface area contributed by atoms with Crippen LogP contribution in [0.3, 0.4) is 0 Å². The van der Waals surface area contributed by atoms with Gasteiger partial charge in [0.15, 0.2) is 0 Å². The molecule has 0 saturated carbocycles. The highest BCUT2D eigenvalue weighted by molar-refractivity contribution is 5.01. The average Bonchev–Trinajstić information content (AvgIpc) is 2.26.